The molecule has 2 aliphatic carbocycles. The van der Waals surface area contributed by atoms with Gasteiger partial charge in [0.1, 0.15) is 0 Å². The van der Waals surface area contributed by atoms with Gasteiger partial charge in [-0.25, -0.2) is 0 Å². The number of hydrogen-bond donors (Lipinski definition) is 1. The normalized spacial score (nSPS) is 23.6. The molecule has 4 rings (SSSR count). The highest BCUT2D eigenvalue weighted by molar-refractivity contribution is 6.33. The lowest BCUT2D eigenvalue weighted by Gasteiger charge is -2.17. The van der Waals surface area contributed by atoms with Crippen molar-refractivity contribution >= 4 is 23.2 Å². The van der Waals surface area contributed by atoms with Crippen LogP contribution in [0, 0.1) is 17.8 Å². The summed E-state index contributed by atoms with van der Waals surface area (Å²) in [6, 6.07) is 9.95. The number of halogens is 4. The summed E-state index contributed by atoms with van der Waals surface area (Å²) in [5.41, 5.74) is 0.747. The Morgan fingerprint density at radius 3 is 2.37 bits per heavy atom. The largest absolute Gasteiger partial charge is 0.416 e. The van der Waals surface area contributed by atoms with Gasteiger partial charge < -0.3 is 5.32 Å². The predicted octanol–water partition coefficient (Wildman–Crippen LogP) is 6.18. The van der Waals surface area contributed by atoms with E-state index in [-0.39, 0.29) is 16.8 Å². The summed E-state index contributed by atoms with van der Waals surface area (Å²) in [6.45, 7) is 0. The molecule has 6 heteroatoms. The topological polar surface area (TPSA) is 29.1 Å². The summed E-state index contributed by atoms with van der Waals surface area (Å²) < 4.78 is 38.8. The van der Waals surface area contributed by atoms with Crippen LogP contribution in [0.5, 0.6) is 0 Å². The molecular formula is C21H17ClF3NO. The Morgan fingerprint density at radius 1 is 1.04 bits per heavy atom. The third-order valence-electron chi connectivity index (χ3n) is 5.37. The number of carbonyl (C=O) groups excluding carboxylic acids is 1. The molecule has 0 heterocycles. The Balaban J connectivity index is 1.51. The molecule has 2 nitrogen and oxygen atoms in total. The van der Waals surface area contributed by atoms with Crippen molar-refractivity contribution in [3.05, 3.63) is 65.2 Å². The molecule has 0 aromatic heterocycles. The highest BCUT2D eigenvalue weighted by Gasteiger charge is 2.39. The molecule has 1 fully saturated rings. The van der Waals surface area contributed by atoms with Crippen molar-refractivity contribution in [2.75, 3.05) is 5.32 Å². The van der Waals surface area contributed by atoms with Crippen LogP contribution in [0.3, 0.4) is 0 Å². The number of allylic oxidation sites excluding steroid dienone is 2. The van der Waals surface area contributed by atoms with Gasteiger partial charge in [-0.2, -0.15) is 13.2 Å². The minimum Gasteiger partial charge on any atom is -0.326 e. The van der Waals surface area contributed by atoms with Crippen LogP contribution in [0.2, 0.25) is 5.02 Å². The van der Waals surface area contributed by atoms with Gasteiger partial charge >= 0.3 is 6.18 Å². The van der Waals surface area contributed by atoms with Crippen molar-refractivity contribution in [2.24, 2.45) is 17.8 Å². The quantitative estimate of drug-likeness (QED) is 0.622. The number of carbonyl (C=O) groups is 1. The molecule has 1 N–H and O–H groups in total. The number of benzene rings is 2. The minimum atomic E-state index is -4.43. The van der Waals surface area contributed by atoms with Gasteiger partial charge in [-0.15, -0.1) is 0 Å². The van der Waals surface area contributed by atoms with E-state index in [2.05, 4.69) is 17.5 Å². The second kappa shape index (κ2) is 6.71. The van der Waals surface area contributed by atoms with E-state index in [1.165, 1.54) is 6.07 Å². The molecule has 3 atom stereocenters. The van der Waals surface area contributed by atoms with Crippen LogP contribution in [-0.2, 0) is 11.0 Å². The van der Waals surface area contributed by atoms with E-state index in [0.29, 0.717) is 28.7 Å². The number of fused-ring (bicyclic) bond motifs is 2. The zero-order valence-electron chi connectivity index (χ0n) is 14.3. The zero-order chi connectivity index (χ0) is 19.2. The smallest absolute Gasteiger partial charge is 0.326 e. The molecule has 3 unspecified atom stereocenters. The summed E-state index contributed by atoms with van der Waals surface area (Å²) in [7, 11) is 0. The summed E-state index contributed by atoms with van der Waals surface area (Å²) in [5, 5.41) is 3.16. The Kier molecular flexibility index (Phi) is 4.50. The predicted molar refractivity (Wildman–Crippen MR) is 99.4 cm³/mol. The third kappa shape index (κ3) is 3.61. The van der Waals surface area contributed by atoms with Gasteiger partial charge in [0.2, 0.25) is 5.91 Å². The van der Waals surface area contributed by atoms with E-state index in [1.807, 2.05) is 0 Å². The number of rotatable bonds is 3. The Hall–Kier alpha value is -2.27. The van der Waals surface area contributed by atoms with E-state index in [1.54, 1.807) is 24.3 Å². The van der Waals surface area contributed by atoms with Crippen LogP contribution in [-0.4, -0.2) is 5.91 Å². The zero-order valence-corrected chi connectivity index (χ0v) is 15.0. The fourth-order valence-corrected chi connectivity index (χ4v) is 4.20. The van der Waals surface area contributed by atoms with E-state index >= 15 is 0 Å². The summed E-state index contributed by atoms with van der Waals surface area (Å²) in [6.07, 6.45) is 1.80. The lowest BCUT2D eigenvalue weighted by molar-refractivity contribution is -0.137. The maximum Gasteiger partial charge on any atom is 0.416 e. The molecule has 2 aliphatic rings. The molecule has 0 spiro atoms. The SMILES string of the molecule is O=C(Nc1ccc(-c2cc(C(F)(F)F)ccc2Cl)cc1)C1CC2C=CC1C2. The number of hydrogen-bond acceptors (Lipinski definition) is 1. The minimum absolute atomic E-state index is 0.00223. The maximum atomic E-state index is 12.9. The van der Waals surface area contributed by atoms with E-state index in [4.69, 9.17) is 11.6 Å². The molecule has 2 aromatic rings. The van der Waals surface area contributed by atoms with Gasteiger partial charge in [-0.3, -0.25) is 4.79 Å². The highest BCUT2D eigenvalue weighted by atomic mass is 35.5. The number of anilines is 1. The van der Waals surface area contributed by atoms with Gasteiger partial charge in [-0.1, -0.05) is 35.9 Å². The first-order chi connectivity index (χ1) is 12.8. The van der Waals surface area contributed by atoms with Crippen LogP contribution in [0.15, 0.2) is 54.6 Å². The number of amides is 1. The third-order valence-corrected chi connectivity index (χ3v) is 5.70. The second-order valence-corrected chi connectivity index (χ2v) is 7.55. The van der Waals surface area contributed by atoms with Gasteiger partial charge in [-0.05, 0) is 60.6 Å². The van der Waals surface area contributed by atoms with E-state index in [9.17, 15) is 18.0 Å². The lowest BCUT2D eigenvalue weighted by atomic mass is 9.92. The van der Waals surface area contributed by atoms with Crippen molar-refractivity contribution in [3.63, 3.8) is 0 Å². The average Bonchev–Trinajstić information content (AvgIpc) is 3.25. The van der Waals surface area contributed by atoms with Crippen molar-refractivity contribution in [2.45, 2.75) is 19.0 Å². The Bertz CT molecular complexity index is 905. The molecule has 0 radical (unpaired) electrons. The molecule has 27 heavy (non-hydrogen) atoms. The van der Waals surface area contributed by atoms with Crippen LogP contribution in [0.4, 0.5) is 18.9 Å². The van der Waals surface area contributed by atoms with Crippen molar-refractivity contribution in [1.29, 1.82) is 0 Å². The molecule has 1 saturated carbocycles. The highest BCUT2D eigenvalue weighted by Crippen LogP contribution is 2.44. The molecule has 2 bridgehead atoms. The first-order valence-corrected chi connectivity index (χ1v) is 9.15. The molecule has 1 amide bonds. The van der Waals surface area contributed by atoms with Gasteiger partial charge in [0.15, 0.2) is 0 Å². The van der Waals surface area contributed by atoms with Crippen LogP contribution in [0.1, 0.15) is 18.4 Å². The van der Waals surface area contributed by atoms with Gasteiger partial charge in [0.05, 0.1) is 5.56 Å². The summed E-state index contributed by atoms with van der Waals surface area (Å²) in [4.78, 5) is 12.5. The first kappa shape index (κ1) is 18.1. The van der Waals surface area contributed by atoms with Crippen LogP contribution >= 0.6 is 11.6 Å². The molecular weight excluding hydrogens is 375 g/mol. The van der Waals surface area contributed by atoms with Crippen LogP contribution < -0.4 is 5.32 Å². The monoisotopic (exact) mass is 391 g/mol. The number of alkyl halides is 3. The van der Waals surface area contributed by atoms with Crippen molar-refractivity contribution < 1.29 is 18.0 Å². The fourth-order valence-electron chi connectivity index (χ4n) is 3.97. The number of nitrogens with one attached hydrogen (secondary N) is 1. The molecule has 0 saturated heterocycles. The van der Waals surface area contributed by atoms with Gasteiger partial charge in [0, 0.05) is 22.2 Å². The van der Waals surface area contributed by atoms with Crippen molar-refractivity contribution in [1.82, 2.24) is 0 Å². The molecule has 2 aromatic carbocycles. The summed E-state index contributed by atoms with van der Waals surface area (Å²) in [5.74, 6) is 0.823. The fraction of sp³-hybridized carbons (Fsp3) is 0.286. The second-order valence-electron chi connectivity index (χ2n) is 7.15. The maximum absolute atomic E-state index is 12.9. The van der Waals surface area contributed by atoms with Crippen LogP contribution in [0.25, 0.3) is 11.1 Å². The standard InChI is InChI=1S/C21H17ClF3NO/c22-19-8-5-15(21(23,24)25)11-17(19)13-3-6-16(7-4-13)26-20(27)18-10-12-1-2-14(18)9-12/h1-8,11-12,14,18H,9-10H2,(H,26,27). The van der Waals surface area contributed by atoms with Crippen molar-refractivity contribution in [3.8, 4) is 11.1 Å². The average molecular weight is 392 g/mol. The van der Waals surface area contributed by atoms with E-state index < -0.39 is 11.7 Å². The Labute approximate surface area is 160 Å². The first-order valence-electron chi connectivity index (χ1n) is 8.77. The molecule has 140 valence electrons. The van der Waals surface area contributed by atoms with E-state index in [0.717, 1.165) is 25.0 Å². The molecule has 0 aliphatic heterocycles. The lowest BCUT2D eigenvalue weighted by Crippen LogP contribution is -2.25. The Morgan fingerprint density at radius 2 is 1.78 bits per heavy atom. The van der Waals surface area contributed by atoms with Gasteiger partial charge in [0.25, 0.3) is 0 Å². The summed E-state index contributed by atoms with van der Waals surface area (Å²) >= 11 is 6.08.